The van der Waals surface area contributed by atoms with Crippen LogP contribution in [-0.4, -0.2) is 76.1 Å². The van der Waals surface area contributed by atoms with E-state index in [4.69, 9.17) is 4.74 Å². The molecule has 2 atom stereocenters. The van der Waals surface area contributed by atoms with Gasteiger partial charge in [0.2, 0.25) is 10.0 Å². The molecule has 1 aromatic rings. The van der Waals surface area contributed by atoms with Crippen LogP contribution in [0.1, 0.15) is 23.2 Å². The summed E-state index contributed by atoms with van der Waals surface area (Å²) in [6, 6.07) is 6.52. The zero-order valence-electron chi connectivity index (χ0n) is 14.9. The van der Waals surface area contributed by atoms with Crippen LogP contribution in [0.3, 0.4) is 0 Å². The number of ether oxygens (including phenoxy) is 1. The second kappa shape index (κ2) is 6.92. The first-order chi connectivity index (χ1) is 12.4. The van der Waals surface area contributed by atoms with E-state index in [0.29, 0.717) is 37.7 Å². The van der Waals surface area contributed by atoms with Crippen molar-refractivity contribution in [3.05, 3.63) is 29.8 Å². The predicted molar refractivity (Wildman–Crippen MR) is 96.4 cm³/mol. The lowest BCUT2D eigenvalue weighted by Crippen LogP contribution is -2.48. The van der Waals surface area contributed by atoms with E-state index < -0.39 is 10.0 Å². The molecule has 3 aliphatic rings. The zero-order chi connectivity index (χ0) is 18.3. The van der Waals surface area contributed by atoms with Crippen molar-refractivity contribution >= 4 is 15.9 Å². The molecule has 1 N–H and O–H groups in total. The smallest absolute Gasteiger partial charge is 0.254 e. The maximum Gasteiger partial charge on any atom is 0.254 e. The zero-order valence-corrected chi connectivity index (χ0v) is 15.7. The number of sulfonamides is 1. The van der Waals surface area contributed by atoms with Crippen LogP contribution in [0.2, 0.25) is 0 Å². The summed E-state index contributed by atoms with van der Waals surface area (Å²) in [7, 11) is -1.53. The van der Waals surface area contributed by atoms with Crippen molar-refractivity contribution in [1.82, 2.24) is 14.5 Å². The summed E-state index contributed by atoms with van der Waals surface area (Å²) in [5.41, 5.74) is 0.403. The van der Waals surface area contributed by atoms with Gasteiger partial charge in [0.1, 0.15) is 0 Å². The van der Waals surface area contributed by atoms with Crippen LogP contribution >= 0.6 is 0 Å². The van der Waals surface area contributed by atoms with Crippen molar-refractivity contribution in [2.75, 3.05) is 39.8 Å². The van der Waals surface area contributed by atoms with Gasteiger partial charge in [0.25, 0.3) is 5.91 Å². The molecule has 1 saturated carbocycles. The minimum Gasteiger partial charge on any atom is -0.373 e. The number of carbonyl (C=O) groups excluding carboxylic acids is 1. The molecule has 0 aromatic heterocycles. The molecule has 0 radical (unpaired) electrons. The summed E-state index contributed by atoms with van der Waals surface area (Å²) in [5, 5.41) is 0. The molecule has 2 saturated heterocycles. The molecule has 1 aliphatic carbocycles. The Morgan fingerprint density at radius 2 is 2.12 bits per heavy atom. The Morgan fingerprint density at radius 3 is 2.85 bits per heavy atom. The highest BCUT2D eigenvalue weighted by molar-refractivity contribution is 7.89. The molecule has 0 spiro atoms. The summed E-state index contributed by atoms with van der Waals surface area (Å²) in [5.74, 6) is 0.315. The number of amides is 1. The van der Waals surface area contributed by atoms with Gasteiger partial charge in [-0.3, -0.25) is 9.69 Å². The van der Waals surface area contributed by atoms with E-state index in [-0.39, 0.29) is 22.9 Å². The maximum atomic E-state index is 12.9. The van der Waals surface area contributed by atoms with Gasteiger partial charge in [0.05, 0.1) is 23.6 Å². The van der Waals surface area contributed by atoms with E-state index in [2.05, 4.69) is 9.62 Å². The van der Waals surface area contributed by atoms with Crippen molar-refractivity contribution in [3.63, 3.8) is 0 Å². The first-order valence-corrected chi connectivity index (χ1v) is 10.6. The lowest BCUT2D eigenvalue weighted by Gasteiger charge is -2.33. The number of hydrogen-bond donors (Lipinski definition) is 1. The van der Waals surface area contributed by atoms with E-state index in [1.807, 2.05) is 7.05 Å². The fourth-order valence-corrected chi connectivity index (χ4v) is 4.80. The number of nitrogens with one attached hydrogen (secondary N) is 1. The van der Waals surface area contributed by atoms with Gasteiger partial charge in [-0.05, 0) is 44.0 Å². The van der Waals surface area contributed by atoms with Gasteiger partial charge in [-0.1, -0.05) is 6.07 Å². The number of morpholine rings is 1. The Hall–Kier alpha value is -1.48. The quantitative estimate of drug-likeness (QED) is 0.807. The lowest BCUT2D eigenvalue weighted by molar-refractivity contribution is -0.0368. The Labute approximate surface area is 154 Å². The predicted octanol–water partition coefficient (Wildman–Crippen LogP) is 0.530. The Kier molecular flexibility index (Phi) is 4.77. The third kappa shape index (κ3) is 3.64. The van der Waals surface area contributed by atoms with E-state index in [1.54, 1.807) is 17.0 Å². The van der Waals surface area contributed by atoms with E-state index >= 15 is 0 Å². The monoisotopic (exact) mass is 379 g/mol. The molecule has 2 heterocycles. The molecular weight excluding hydrogens is 354 g/mol. The Morgan fingerprint density at radius 1 is 1.31 bits per heavy atom. The molecular formula is C18H25N3O4S. The molecule has 4 rings (SSSR count). The van der Waals surface area contributed by atoms with E-state index in [9.17, 15) is 13.2 Å². The molecule has 0 bridgehead atoms. The molecule has 26 heavy (non-hydrogen) atoms. The SMILES string of the molecule is CN1CCO[C@@H]2CN(C(=O)c3cccc(S(=O)(=O)NCC4CC4)c3)C[C@@H]21. The second-order valence-electron chi connectivity index (χ2n) is 7.49. The van der Waals surface area contributed by atoms with Gasteiger partial charge in [-0.15, -0.1) is 0 Å². The van der Waals surface area contributed by atoms with Gasteiger partial charge in [-0.2, -0.15) is 0 Å². The van der Waals surface area contributed by atoms with Crippen LogP contribution in [0.4, 0.5) is 0 Å². The van der Waals surface area contributed by atoms with Gasteiger partial charge >= 0.3 is 0 Å². The van der Waals surface area contributed by atoms with Crippen LogP contribution < -0.4 is 4.72 Å². The molecule has 1 aromatic carbocycles. The third-order valence-electron chi connectivity index (χ3n) is 5.52. The van der Waals surface area contributed by atoms with Crippen LogP contribution in [0.25, 0.3) is 0 Å². The number of likely N-dealkylation sites (N-methyl/N-ethyl adjacent to an activating group) is 1. The lowest BCUT2D eigenvalue weighted by atomic mass is 10.1. The van der Waals surface area contributed by atoms with Crippen LogP contribution in [0.15, 0.2) is 29.2 Å². The minimum absolute atomic E-state index is 0.0322. The highest BCUT2D eigenvalue weighted by Gasteiger charge is 2.40. The molecule has 8 heteroatoms. The highest BCUT2D eigenvalue weighted by Crippen LogP contribution is 2.28. The molecule has 7 nitrogen and oxygen atoms in total. The van der Waals surface area contributed by atoms with Crippen molar-refractivity contribution in [2.45, 2.75) is 29.9 Å². The van der Waals surface area contributed by atoms with Gasteiger partial charge in [-0.25, -0.2) is 13.1 Å². The third-order valence-corrected chi connectivity index (χ3v) is 6.94. The number of hydrogen-bond acceptors (Lipinski definition) is 5. The molecule has 2 aliphatic heterocycles. The van der Waals surface area contributed by atoms with Crippen molar-refractivity contribution < 1.29 is 17.9 Å². The van der Waals surface area contributed by atoms with Crippen molar-refractivity contribution in [3.8, 4) is 0 Å². The van der Waals surface area contributed by atoms with E-state index in [1.165, 1.54) is 12.1 Å². The summed E-state index contributed by atoms with van der Waals surface area (Å²) in [6.45, 7) is 3.17. The normalized spacial score (nSPS) is 26.7. The minimum atomic E-state index is -3.58. The van der Waals surface area contributed by atoms with Crippen LogP contribution in [-0.2, 0) is 14.8 Å². The number of nitrogens with zero attached hydrogens (tertiary/aromatic N) is 2. The highest BCUT2D eigenvalue weighted by atomic mass is 32.2. The Balaban J connectivity index is 1.48. The van der Waals surface area contributed by atoms with Crippen molar-refractivity contribution in [2.24, 2.45) is 5.92 Å². The largest absolute Gasteiger partial charge is 0.373 e. The van der Waals surface area contributed by atoms with Gasteiger partial charge < -0.3 is 9.64 Å². The van der Waals surface area contributed by atoms with Crippen LogP contribution in [0, 0.1) is 5.92 Å². The fourth-order valence-electron chi connectivity index (χ4n) is 3.64. The summed E-state index contributed by atoms with van der Waals surface area (Å²) in [4.78, 5) is 17.0. The average molecular weight is 379 g/mol. The number of fused-ring (bicyclic) bond motifs is 1. The molecule has 3 fully saturated rings. The summed E-state index contributed by atoms with van der Waals surface area (Å²) < 4.78 is 33.3. The van der Waals surface area contributed by atoms with Crippen LogP contribution in [0.5, 0.6) is 0 Å². The van der Waals surface area contributed by atoms with E-state index in [0.717, 1.165) is 19.4 Å². The van der Waals surface area contributed by atoms with Gasteiger partial charge in [0.15, 0.2) is 0 Å². The fraction of sp³-hybridized carbons (Fsp3) is 0.611. The second-order valence-corrected chi connectivity index (χ2v) is 9.26. The maximum absolute atomic E-state index is 12.9. The first-order valence-electron chi connectivity index (χ1n) is 9.15. The summed E-state index contributed by atoms with van der Waals surface area (Å²) in [6.07, 6.45) is 2.19. The van der Waals surface area contributed by atoms with Crippen molar-refractivity contribution in [1.29, 1.82) is 0 Å². The molecule has 142 valence electrons. The summed E-state index contributed by atoms with van der Waals surface area (Å²) >= 11 is 0. The number of rotatable bonds is 5. The Bertz CT molecular complexity index is 793. The number of carbonyl (C=O) groups is 1. The van der Waals surface area contributed by atoms with Gasteiger partial charge in [0, 0.05) is 31.7 Å². The number of likely N-dealkylation sites (tertiary alicyclic amines) is 1. The average Bonchev–Trinajstić information content (AvgIpc) is 3.36. The number of benzene rings is 1. The molecule has 1 amide bonds. The topological polar surface area (TPSA) is 79.0 Å². The first kappa shape index (κ1) is 17.9. The molecule has 0 unspecified atom stereocenters. The standard InChI is InChI=1S/C18H25N3O4S/c1-20-7-8-25-17-12-21(11-16(17)20)18(22)14-3-2-4-15(9-14)26(23,24)19-10-13-5-6-13/h2-4,9,13,16-17,19H,5-8,10-12H2,1H3/t16-,17+/m0/s1.